The molecule has 0 radical (unpaired) electrons. The van der Waals surface area contributed by atoms with Gasteiger partial charge >= 0.3 is 6.03 Å². The maximum absolute atomic E-state index is 12.4. The highest BCUT2D eigenvalue weighted by Gasteiger charge is 2.34. The van der Waals surface area contributed by atoms with Crippen molar-refractivity contribution in [2.75, 3.05) is 26.2 Å². The van der Waals surface area contributed by atoms with Crippen molar-refractivity contribution in [3.8, 4) is 0 Å². The zero-order chi connectivity index (χ0) is 17.1. The normalized spacial score (nSPS) is 18.4. The Balaban J connectivity index is 1.50. The monoisotopic (exact) mass is 333 g/mol. The molecule has 7 heteroatoms. The molecule has 2 heterocycles. The van der Waals surface area contributed by atoms with Crippen LogP contribution in [0.4, 0.5) is 4.79 Å². The Morgan fingerprint density at radius 2 is 1.92 bits per heavy atom. The maximum Gasteiger partial charge on any atom is 0.317 e. The van der Waals surface area contributed by atoms with Crippen molar-refractivity contribution in [1.29, 1.82) is 0 Å². The Hall–Kier alpha value is -2.05. The Morgan fingerprint density at radius 1 is 1.21 bits per heavy atom. The number of hydrogen-bond acceptors (Lipinski definition) is 3. The summed E-state index contributed by atoms with van der Waals surface area (Å²) in [6.45, 7) is 5.29. The van der Waals surface area contributed by atoms with Crippen molar-refractivity contribution in [3.63, 3.8) is 0 Å². The third kappa shape index (κ3) is 3.88. The van der Waals surface area contributed by atoms with Gasteiger partial charge in [0.2, 0.25) is 5.91 Å². The quantitative estimate of drug-likeness (QED) is 0.898. The smallest absolute Gasteiger partial charge is 0.317 e. The van der Waals surface area contributed by atoms with Crippen molar-refractivity contribution >= 4 is 11.9 Å². The lowest BCUT2D eigenvalue weighted by Gasteiger charge is -2.22. The van der Waals surface area contributed by atoms with Gasteiger partial charge in [-0.15, -0.1) is 0 Å². The number of nitrogens with zero attached hydrogens (tertiary/aromatic N) is 4. The van der Waals surface area contributed by atoms with E-state index in [0.29, 0.717) is 26.2 Å². The molecule has 2 fully saturated rings. The molecule has 3 amide bonds. The van der Waals surface area contributed by atoms with E-state index in [9.17, 15) is 9.59 Å². The summed E-state index contributed by atoms with van der Waals surface area (Å²) in [4.78, 5) is 28.4. The largest absolute Gasteiger partial charge is 0.341 e. The van der Waals surface area contributed by atoms with Crippen molar-refractivity contribution < 1.29 is 9.59 Å². The number of amides is 3. The molecule has 1 aliphatic carbocycles. The highest BCUT2D eigenvalue weighted by atomic mass is 16.2. The molecule has 132 valence electrons. The molecular formula is C17H27N5O2. The second-order valence-corrected chi connectivity index (χ2v) is 6.73. The van der Waals surface area contributed by atoms with E-state index >= 15 is 0 Å². The zero-order valence-corrected chi connectivity index (χ0v) is 14.6. The predicted molar refractivity (Wildman–Crippen MR) is 90.3 cm³/mol. The number of carbonyl (C=O) groups excluding carboxylic acids is 2. The molecule has 1 saturated heterocycles. The van der Waals surface area contributed by atoms with Crippen molar-refractivity contribution in [2.24, 2.45) is 13.0 Å². The average Bonchev–Trinajstić information content (AvgIpc) is 3.38. The molecule has 1 aromatic rings. The third-order valence-electron chi connectivity index (χ3n) is 4.78. The van der Waals surface area contributed by atoms with E-state index in [0.717, 1.165) is 43.5 Å². The van der Waals surface area contributed by atoms with Gasteiger partial charge in [-0.3, -0.25) is 9.48 Å². The predicted octanol–water partition coefficient (Wildman–Crippen LogP) is 1.14. The topological polar surface area (TPSA) is 70.5 Å². The lowest BCUT2D eigenvalue weighted by molar-refractivity contribution is -0.132. The number of carbonyl (C=O) groups is 2. The molecule has 24 heavy (non-hydrogen) atoms. The zero-order valence-electron chi connectivity index (χ0n) is 14.6. The summed E-state index contributed by atoms with van der Waals surface area (Å²) in [5, 5.41) is 7.39. The van der Waals surface area contributed by atoms with Gasteiger partial charge < -0.3 is 15.1 Å². The van der Waals surface area contributed by atoms with Crippen molar-refractivity contribution in [3.05, 3.63) is 17.5 Å². The second-order valence-electron chi connectivity index (χ2n) is 6.73. The van der Waals surface area contributed by atoms with Crippen LogP contribution in [0.1, 0.15) is 37.4 Å². The lowest BCUT2D eigenvalue weighted by Crippen LogP contribution is -2.42. The summed E-state index contributed by atoms with van der Waals surface area (Å²) in [6.07, 6.45) is 5.72. The Bertz CT molecular complexity index is 608. The summed E-state index contributed by atoms with van der Waals surface area (Å²) >= 11 is 0. The van der Waals surface area contributed by atoms with E-state index < -0.39 is 0 Å². The highest BCUT2D eigenvalue weighted by molar-refractivity contribution is 5.81. The first-order valence-electron chi connectivity index (χ1n) is 8.91. The molecule has 1 aliphatic heterocycles. The molecule has 0 bridgehead atoms. The number of aryl methyl sites for hydroxylation is 2. The molecule has 1 saturated carbocycles. The summed E-state index contributed by atoms with van der Waals surface area (Å²) in [6, 6.07) is -0.0540. The molecule has 1 N–H and O–H groups in total. The molecule has 0 unspecified atom stereocenters. The van der Waals surface area contributed by atoms with Crippen LogP contribution in [0.3, 0.4) is 0 Å². The van der Waals surface area contributed by atoms with Crippen LogP contribution in [-0.2, 0) is 24.8 Å². The van der Waals surface area contributed by atoms with Crippen molar-refractivity contribution in [1.82, 2.24) is 24.9 Å². The summed E-state index contributed by atoms with van der Waals surface area (Å²) in [5.74, 6) is 0.531. The Morgan fingerprint density at radius 3 is 2.62 bits per heavy atom. The van der Waals surface area contributed by atoms with Gasteiger partial charge in [-0.25, -0.2) is 4.79 Å². The summed E-state index contributed by atoms with van der Waals surface area (Å²) in [5.41, 5.74) is 2.09. The van der Waals surface area contributed by atoms with Crippen LogP contribution in [0.15, 0.2) is 6.20 Å². The van der Waals surface area contributed by atoms with Crippen LogP contribution in [0, 0.1) is 5.92 Å². The minimum Gasteiger partial charge on any atom is -0.341 e. The van der Waals surface area contributed by atoms with E-state index in [-0.39, 0.29) is 17.9 Å². The fourth-order valence-corrected chi connectivity index (χ4v) is 3.24. The fraction of sp³-hybridized carbons (Fsp3) is 0.706. The van der Waals surface area contributed by atoms with Gasteiger partial charge in [-0.1, -0.05) is 6.92 Å². The van der Waals surface area contributed by atoms with E-state index in [2.05, 4.69) is 17.3 Å². The summed E-state index contributed by atoms with van der Waals surface area (Å²) < 4.78 is 1.79. The van der Waals surface area contributed by atoms with Gasteiger partial charge in [0.25, 0.3) is 0 Å². The van der Waals surface area contributed by atoms with Gasteiger partial charge in [0.05, 0.1) is 5.69 Å². The number of rotatable bonds is 4. The molecular weight excluding hydrogens is 306 g/mol. The molecule has 3 rings (SSSR count). The number of nitrogens with one attached hydrogen (secondary N) is 1. The number of hydrogen-bond donors (Lipinski definition) is 1. The van der Waals surface area contributed by atoms with E-state index in [1.807, 2.05) is 23.0 Å². The minimum absolute atomic E-state index is 0.0540. The average molecular weight is 333 g/mol. The molecule has 0 atom stereocenters. The van der Waals surface area contributed by atoms with Gasteiger partial charge in [0.1, 0.15) is 0 Å². The van der Waals surface area contributed by atoms with Crippen LogP contribution in [0.2, 0.25) is 0 Å². The van der Waals surface area contributed by atoms with Gasteiger partial charge in [0, 0.05) is 57.4 Å². The van der Waals surface area contributed by atoms with E-state index in [4.69, 9.17) is 0 Å². The molecule has 1 aromatic heterocycles. The molecule has 0 spiro atoms. The van der Waals surface area contributed by atoms with Crippen LogP contribution in [-0.4, -0.2) is 57.7 Å². The lowest BCUT2D eigenvalue weighted by atomic mass is 10.2. The Labute approximate surface area is 143 Å². The van der Waals surface area contributed by atoms with Gasteiger partial charge in [0.15, 0.2) is 0 Å². The first-order valence-corrected chi connectivity index (χ1v) is 8.91. The van der Waals surface area contributed by atoms with Crippen LogP contribution in [0.25, 0.3) is 0 Å². The first kappa shape index (κ1) is 16.8. The second kappa shape index (κ2) is 7.23. The maximum atomic E-state index is 12.4. The molecule has 7 nitrogen and oxygen atoms in total. The standard InChI is InChI=1S/C17H27N5O2/c1-3-15-14(12-20(2)19-15)11-18-17(24)22-8-4-7-21(9-10-22)16(23)13-5-6-13/h12-13H,3-11H2,1-2H3,(H,18,24). The number of aromatic nitrogens is 2. The first-order chi connectivity index (χ1) is 11.6. The summed E-state index contributed by atoms with van der Waals surface area (Å²) in [7, 11) is 1.89. The van der Waals surface area contributed by atoms with Crippen LogP contribution in [0.5, 0.6) is 0 Å². The molecule has 2 aliphatic rings. The third-order valence-corrected chi connectivity index (χ3v) is 4.78. The van der Waals surface area contributed by atoms with E-state index in [1.165, 1.54) is 0 Å². The van der Waals surface area contributed by atoms with Crippen LogP contribution < -0.4 is 5.32 Å². The van der Waals surface area contributed by atoms with Crippen LogP contribution >= 0.6 is 0 Å². The minimum atomic E-state index is -0.0540. The Kier molecular flexibility index (Phi) is 5.06. The van der Waals surface area contributed by atoms with Gasteiger partial charge in [-0.05, 0) is 25.7 Å². The van der Waals surface area contributed by atoms with E-state index in [1.54, 1.807) is 4.68 Å². The SMILES string of the molecule is CCc1nn(C)cc1CNC(=O)N1CCCN(C(=O)C2CC2)CC1. The number of urea groups is 1. The highest BCUT2D eigenvalue weighted by Crippen LogP contribution is 2.31. The van der Waals surface area contributed by atoms with Gasteiger partial charge in [-0.2, -0.15) is 5.10 Å². The molecule has 0 aromatic carbocycles. The fourth-order valence-electron chi connectivity index (χ4n) is 3.24. The van der Waals surface area contributed by atoms with Crippen molar-refractivity contribution in [2.45, 2.75) is 39.2 Å².